The molecule has 0 aliphatic carbocycles. The van der Waals surface area contributed by atoms with E-state index >= 15 is 0 Å². The molecule has 1 aromatic heterocycles. The van der Waals surface area contributed by atoms with Crippen LogP contribution in [0, 0.1) is 0 Å². The standard InChI is InChI=1S/C20H17NO/c1-20(2)15-9-3-4-12-18(15)22-19-14(8-7-10-16(19)20)17-11-5-6-13-21-17/h3-13H,1-2H3. The summed E-state index contributed by atoms with van der Waals surface area (Å²) in [5.74, 6) is 1.85. The highest BCUT2D eigenvalue weighted by atomic mass is 16.5. The van der Waals surface area contributed by atoms with Crippen molar-refractivity contribution < 1.29 is 4.74 Å². The maximum Gasteiger partial charge on any atom is 0.140 e. The highest BCUT2D eigenvalue weighted by Crippen LogP contribution is 2.50. The van der Waals surface area contributed by atoms with Crippen molar-refractivity contribution >= 4 is 0 Å². The maximum atomic E-state index is 6.26. The number of hydrogen-bond acceptors (Lipinski definition) is 2. The summed E-state index contributed by atoms with van der Waals surface area (Å²) in [5, 5.41) is 0. The fourth-order valence-corrected chi connectivity index (χ4v) is 3.19. The Morgan fingerprint density at radius 1 is 0.818 bits per heavy atom. The first kappa shape index (κ1) is 13.1. The lowest BCUT2D eigenvalue weighted by molar-refractivity contribution is 0.419. The fraction of sp³-hybridized carbons (Fsp3) is 0.150. The zero-order valence-corrected chi connectivity index (χ0v) is 12.7. The van der Waals surface area contributed by atoms with Crippen LogP contribution in [0.4, 0.5) is 0 Å². The van der Waals surface area contributed by atoms with Gasteiger partial charge < -0.3 is 4.74 Å². The zero-order valence-electron chi connectivity index (χ0n) is 12.7. The molecule has 0 radical (unpaired) electrons. The minimum Gasteiger partial charge on any atom is -0.456 e. The van der Waals surface area contributed by atoms with Crippen molar-refractivity contribution in [1.82, 2.24) is 4.98 Å². The van der Waals surface area contributed by atoms with Crippen LogP contribution in [-0.2, 0) is 5.41 Å². The summed E-state index contributed by atoms with van der Waals surface area (Å²) in [6.45, 7) is 4.49. The lowest BCUT2D eigenvalue weighted by atomic mass is 9.75. The summed E-state index contributed by atoms with van der Waals surface area (Å²) in [7, 11) is 0. The van der Waals surface area contributed by atoms with E-state index in [0.717, 1.165) is 22.8 Å². The van der Waals surface area contributed by atoms with Crippen LogP contribution in [0.15, 0.2) is 66.9 Å². The van der Waals surface area contributed by atoms with E-state index in [0.29, 0.717) is 0 Å². The van der Waals surface area contributed by atoms with Crippen LogP contribution in [0.3, 0.4) is 0 Å². The van der Waals surface area contributed by atoms with Crippen LogP contribution >= 0.6 is 0 Å². The maximum absolute atomic E-state index is 6.26. The number of pyridine rings is 1. The summed E-state index contributed by atoms with van der Waals surface area (Å²) in [5.41, 5.74) is 4.32. The molecule has 0 saturated carbocycles. The van der Waals surface area contributed by atoms with Crippen LogP contribution in [0.25, 0.3) is 11.3 Å². The fourth-order valence-electron chi connectivity index (χ4n) is 3.19. The van der Waals surface area contributed by atoms with Gasteiger partial charge in [0.2, 0.25) is 0 Å². The van der Waals surface area contributed by atoms with Crippen molar-refractivity contribution in [2.75, 3.05) is 0 Å². The van der Waals surface area contributed by atoms with Crippen LogP contribution in [0.5, 0.6) is 11.5 Å². The molecule has 0 saturated heterocycles. The van der Waals surface area contributed by atoms with Gasteiger partial charge >= 0.3 is 0 Å². The van der Waals surface area contributed by atoms with E-state index in [1.807, 2.05) is 36.5 Å². The van der Waals surface area contributed by atoms with Crippen LogP contribution in [-0.4, -0.2) is 4.98 Å². The van der Waals surface area contributed by atoms with Crippen molar-refractivity contribution in [3.63, 3.8) is 0 Å². The van der Waals surface area contributed by atoms with Crippen molar-refractivity contribution in [1.29, 1.82) is 0 Å². The predicted molar refractivity (Wildman–Crippen MR) is 88.3 cm³/mol. The van der Waals surface area contributed by atoms with Gasteiger partial charge in [0.05, 0.1) is 5.69 Å². The van der Waals surface area contributed by atoms with E-state index < -0.39 is 0 Å². The first-order valence-electron chi connectivity index (χ1n) is 7.50. The van der Waals surface area contributed by atoms with Crippen molar-refractivity contribution in [2.45, 2.75) is 19.3 Å². The van der Waals surface area contributed by atoms with Gasteiger partial charge in [0.1, 0.15) is 11.5 Å². The van der Waals surface area contributed by atoms with Crippen LogP contribution < -0.4 is 4.74 Å². The molecular weight excluding hydrogens is 270 g/mol. The van der Waals surface area contributed by atoms with Crippen molar-refractivity contribution in [3.05, 3.63) is 78.0 Å². The molecule has 3 aromatic rings. The Kier molecular flexibility index (Phi) is 2.80. The van der Waals surface area contributed by atoms with Gasteiger partial charge in [0.15, 0.2) is 0 Å². The minimum atomic E-state index is -0.0883. The molecular formula is C20H17NO. The number of rotatable bonds is 1. The Morgan fingerprint density at radius 3 is 2.41 bits per heavy atom. The molecule has 0 N–H and O–H groups in total. The Hall–Kier alpha value is -2.61. The Balaban J connectivity index is 1.97. The second-order valence-electron chi connectivity index (χ2n) is 6.12. The summed E-state index contributed by atoms with van der Waals surface area (Å²) >= 11 is 0. The van der Waals surface area contributed by atoms with Gasteiger partial charge in [0.25, 0.3) is 0 Å². The van der Waals surface area contributed by atoms with Crippen LogP contribution in [0.2, 0.25) is 0 Å². The number of ether oxygens (including phenoxy) is 1. The summed E-state index contributed by atoms with van der Waals surface area (Å²) in [6.07, 6.45) is 1.82. The van der Waals surface area contributed by atoms with E-state index in [-0.39, 0.29) is 5.41 Å². The Morgan fingerprint density at radius 2 is 1.59 bits per heavy atom. The lowest BCUT2D eigenvalue weighted by Gasteiger charge is -2.35. The third-order valence-corrected chi connectivity index (χ3v) is 4.40. The third-order valence-electron chi connectivity index (χ3n) is 4.40. The van der Waals surface area contributed by atoms with Gasteiger partial charge in [0, 0.05) is 28.3 Å². The second kappa shape index (κ2) is 4.70. The quantitative estimate of drug-likeness (QED) is 0.615. The highest BCUT2D eigenvalue weighted by molar-refractivity contribution is 5.73. The number of para-hydroxylation sites is 2. The molecule has 22 heavy (non-hydrogen) atoms. The van der Waals surface area contributed by atoms with Gasteiger partial charge in [-0.05, 0) is 24.3 Å². The predicted octanol–water partition coefficient (Wildman–Crippen LogP) is 5.18. The lowest BCUT2D eigenvalue weighted by Crippen LogP contribution is -2.24. The summed E-state index contributed by atoms with van der Waals surface area (Å²) in [6, 6.07) is 20.5. The van der Waals surface area contributed by atoms with Gasteiger partial charge in [-0.3, -0.25) is 4.98 Å². The third kappa shape index (κ3) is 1.84. The second-order valence-corrected chi connectivity index (χ2v) is 6.12. The smallest absolute Gasteiger partial charge is 0.140 e. The first-order chi connectivity index (χ1) is 10.7. The molecule has 0 amide bonds. The van der Waals surface area contributed by atoms with E-state index in [9.17, 15) is 0 Å². The molecule has 4 rings (SSSR count). The normalized spacial score (nSPS) is 14.6. The highest BCUT2D eigenvalue weighted by Gasteiger charge is 2.35. The zero-order chi connectivity index (χ0) is 15.2. The molecule has 2 heteroatoms. The van der Waals surface area contributed by atoms with E-state index in [1.54, 1.807) is 0 Å². The number of benzene rings is 2. The Bertz CT molecular complexity index is 837. The van der Waals surface area contributed by atoms with Crippen molar-refractivity contribution in [3.8, 4) is 22.8 Å². The Labute approximate surface area is 130 Å². The molecule has 0 bridgehead atoms. The van der Waals surface area contributed by atoms with Crippen molar-refractivity contribution in [2.24, 2.45) is 0 Å². The largest absolute Gasteiger partial charge is 0.456 e. The molecule has 0 atom stereocenters. The number of hydrogen-bond donors (Lipinski definition) is 0. The minimum absolute atomic E-state index is 0.0883. The molecule has 1 aliphatic heterocycles. The molecule has 0 unspecified atom stereocenters. The van der Waals surface area contributed by atoms with Gasteiger partial charge in [-0.25, -0.2) is 0 Å². The van der Waals surface area contributed by atoms with E-state index in [2.05, 4.69) is 49.2 Å². The van der Waals surface area contributed by atoms with Gasteiger partial charge in [-0.2, -0.15) is 0 Å². The SMILES string of the molecule is CC1(C)c2ccccc2Oc2c(-c3ccccn3)cccc21. The molecule has 0 spiro atoms. The average molecular weight is 287 g/mol. The number of aromatic nitrogens is 1. The summed E-state index contributed by atoms with van der Waals surface area (Å²) in [4.78, 5) is 4.48. The average Bonchev–Trinajstić information content (AvgIpc) is 2.55. The van der Waals surface area contributed by atoms with E-state index in [4.69, 9.17) is 4.74 Å². The molecule has 108 valence electrons. The first-order valence-corrected chi connectivity index (χ1v) is 7.50. The monoisotopic (exact) mass is 287 g/mol. The molecule has 0 fully saturated rings. The molecule has 1 aliphatic rings. The van der Waals surface area contributed by atoms with Crippen LogP contribution in [0.1, 0.15) is 25.0 Å². The summed E-state index contributed by atoms with van der Waals surface area (Å²) < 4.78 is 6.26. The molecule has 2 heterocycles. The van der Waals surface area contributed by atoms with E-state index in [1.165, 1.54) is 11.1 Å². The number of nitrogens with zero attached hydrogens (tertiary/aromatic N) is 1. The number of fused-ring (bicyclic) bond motifs is 2. The molecule has 2 aromatic carbocycles. The van der Waals surface area contributed by atoms with Gasteiger partial charge in [-0.1, -0.05) is 50.2 Å². The topological polar surface area (TPSA) is 22.1 Å². The van der Waals surface area contributed by atoms with Gasteiger partial charge in [-0.15, -0.1) is 0 Å². The molecule has 2 nitrogen and oxygen atoms in total.